The van der Waals surface area contributed by atoms with Crippen LogP contribution in [-0.4, -0.2) is 67.5 Å². The van der Waals surface area contributed by atoms with E-state index in [1.54, 1.807) is 0 Å². The molecule has 0 saturated carbocycles. The maximum absolute atomic E-state index is 11.3. The molecular weight excluding hydrogens is 296 g/mol. The minimum atomic E-state index is -5.19. The van der Waals surface area contributed by atoms with Gasteiger partial charge in [-0.25, -0.2) is 4.18 Å². The lowest BCUT2D eigenvalue weighted by molar-refractivity contribution is -0.0120. The second kappa shape index (κ2) is 4.08. The number of fused-ring (bicyclic) bond motifs is 1. The van der Waals surface area contributed by atoms with Gasteiger partial charge in [0.25, 0.3) is 4.93 Å². The Morgan fingerprint density at radius 2 is 1.78 bits per heavy atom. The Bertz CT molecular complexity index is 537. The van der Waals surface area contributed by atoms with Crippen LogP contribution in [0.3, 0.4) is 0 Å². The molecule has 2 heterocycles. The predicted molar refractivity (Wildman–Crippen MR) is 52.4 cm³/mol. The van der Waals surface area contributed by atoms with E-state index in [2.05, 4.69) is 4.18 Å². The SMILES string of the molecule is O=S(=O)(O)O[C@@]1(S(=O)(=O)O)CO[C@@H]2[C@H](O)CO[C@@H]21. The van der Waals surface area contributed by atoms with Gasteiger partial charge in [0, 0.05) is 0 Å². The van der Waals surface area contributed by atoms with Crippen molar-refractivity contribution in [2.45, 2.75) is 23.2 Å². The number of rotatable bonds is 3. The molecule has 2 aliphatic rings. The zero-order chi connectivity index (χ0) is 13.8. The average molecular weight is 306 g/mol. The van der Waals surface area contributed by atoms with Gasteiger partial charge in [0.2, 0.25) is 0 Å². The van der Waals surface area contributed by atoms with Gasteiger partial charge in [0.05, 0.1) is 13.2 Å². The molecule has 0 aromatic heterocycles. The molecule has 4 atom stereocenters. The van der Waals surface area contributed by atoms with Crippen molar-refractivity contribution >= 4 is 20.5 Å². The molecule has 106 valence electrons. The molecule has 0 spiro atoms. The summed E-state index contributed by atoms with van der Waals surface area (Å²) >= 11 is 0. The van der Waals surface area contributed by atoms with Gasteiger partial charge in [-0.1, -0.05) is 0 Å². The first-order valence-electron chi connectivity index (χ1n) is 4.63. The maximum atomic E-state index is 11.3. The maximum Gasteiger partial charge on any atom is 0.399 e. The molecule has 0 aromatic rings. The van der Waals surface area contributed by atoms with Crippen LogP contribution in [0.2, 0.25) is 0 Å². The zero-order valence-electron chi connectivity index (χ0n) is 8.66. The number of hydrogen-bond donors (Lipinski definition) is 3. The topological polar surface area (TPSA) is 157 Å². The van der Waals surface area contributed by atoms with Gasteiger partial charge in [-0.05, 0) is 0 Å². The summed E-state index contributed by atoms with van der Waals surface area (Å²) in [5.74, 6) is 0. The summed E-state index contributed by atoms with van der Waals surface area (Å²) in [5, 5.41) is 9.40. The van der Waals surface area contributed by atoms with Crippen LogP contribution < -0.4 is 0 Å². The van der Waals surface area contributed by atoms with Gasteiger partial charge in [-0.2, -0.15) is 16.8 Å². The lowest BCUT2D eigenvalue weighted by Gasteiger charge is -2.26. The third-order valence-electron chi connectivity index (χ3n) is 2.72. The van der Waals surface area contributed by atoms with Gasteiger partial charge >= 0.3 is 20.5 Å². The van der Waals surface area contributed by atoms with E-state index in [1.165, 1.54) is 0 Å². The molecule has 2 fully saturated rings. The molecule has 10 nitrogen and oxygen atoms in total. The number of aliphatic hydroxyl groups excluding tert-OH is 1. The first-order valence-corrected chi connectivity index (χ1v) is 7.44. The average Bonchev–Trinajstić information content (AvgIpc) is 2.66. The fourth-order valence-electron chi connectivity index (χ4n) is 1.98. The van der Waals surface area contributed by atoms with Crippen LogP contribution in [0, 0.1) is 0 Å². The monoisotopic (exact) mass is 306 g/mol. The van der Waals surface area contributed by atoms with Crippen LogP contribution in [0.25, 0.3) is 0 Å². The fourth-order valence-corrected chi connectivity index (χ4v) is 3.79. The van der Waals surface area contributed by atoms with Crippen LogP contribution in [0.4, 0.5) is 0 Å². The van der Waals surface area contributed by atoms with E-state index < -0.39 is 50.4 Å². The molecule has 2 saturated heterocycles. The predicted octanol–water partition coefficient (Wildman–Crippen LogP) is -2.45. The van der Waals surface area contributed by atoms with Crippen LogP contribution in [0.1, 0.15) is 0 Å². The Balaban J connectivity index is 2.46. The molecule has 0 radical (unpaired) electrons. The Kier molecular flexibility index (Phi) is 3.19. The normalized spacial score (nSPS) is 40.9. The summed E-state index contributed by atoms with van der Waals surface area (Å²) in [6.45, 7) is -1.22. The summed E-state index contributed by atoms with van der Waals surface area (Å²) in [5.41, 5.74) is 0. The van der Waals surface area contributed by atoms with E-state index in [0.717, 1.165) is 0 Å². The van der Waals surface area contributed by atoms with Gasteiger partial charge in [-0.3, -0.25) is 9.11 Å². The number of ether oxygens (including phenoxy) is 2. The van der Waals surface area contributed by atoms with E-state index in [-0.39, 0.29) is 6.61 Å². The van der Waals surface area contributed by atoms with Gasteiger partial charge in [0.15, 0.2) is 0 Å². The van der Waals surface area contributed by atoms with Gasteiger partial charge in [-0.15, -0.1) is 0 Å². The van der Waals surface area contributed by atoms with Crippen molar-refractivity contribution in [1.82, 2.24) is 0 Å². The van der Waals surface area contributed by atoms with Crippen LogP contribution in [0.5, 0.6) is 0 Å². The van der Waals surface area contributed by atoms with Gasteiger partial charge in [0.1, 0.15) is 18.3 Å². The molecule has 0 unspecified atom stereocenters. The molecule has 0 aliphatic carbocycles. The summed E-state index contributed by atoms with van der Waals surface area (Å²) in [4.78, 5) is -2.82. The van der Waals surface area contributed by atoms with Crippen molar-refractivity contribution in [2.24, 2.45) is 0 Å². The molecule has 18 heavy (non-hydrogen) atoms. The Hall–Kier alpha value is -0.340. The highest BCUT2D eigenvalue weighted by molar-refractivity contribution is 7.88. The summed E-state index contributed by atoms with van der Waals surface area (Å²) in [7, 11) is -10.3. The first kappa shape index (κ1) is 14.1. The minimum absolute atomic E-state index is 0.318. The van der Waals surface area contributed by atoms with Crippen molar-refractivity contribution in [2.75, 3.05) is 13.2 Å². The number of aliphatic hydroxyl groups is 1. The van der Waals surface area contributed by atoms with E-state index >= 15 is 0 Å². The lowest BCUT2D eigenvalue weighted by atomic mass is 10.1. The number of hydrogen-bond acceptors (Lipinski definition) is 8. The summed E-state index contributed by atoms with van der Waals surface area (Å²) in [6.07, 6.45) is -3.93. The molecule has 0 amide bonds. The smallest absolute Gasteiger partial charge is 0.388 e. The van der Waals surface area contributed by atoms with Crippen molar-refractivity contribution in [3.8, 4) is 0 Å². The van der Waals surface area contributed by atoms with E-state index in [1.807, 2.05) is 0 Å². The second-order valence-corrected chi connectivity index (χ2v) is 6.56. The fraction of sp³-hybridized carbons (Fsp3) is 1.00. The highest BCUT2D eigenvalue weighted by Crippen LogP contribution is 2.40. The molecular formula is C6H10O10S2. The van der Waals surface area contributed by atoms with Crippen LogP contribution in [-0.2, 0) is 34.2 Å². The van der Waals surface area contributed by atoms with Crippen molar-refractivity contribution in [3.05, 3.63) is 0 Å². The quantitative estimate of drug-likeness (QED) is 0.478. The van der Waals surface area contributed by atoms with Gasteiger partial charge < -0.3 is 14.6 Å². The lowest BCUT2D eigenvalue weighted by Crippen LogP contribution is -2.53. The highest BCUT2D eigenvalue weighted by atomic mass is 32.3. The largest absolute Gasteiger partial charge is 0.399 e. The molecule has 12 heteroatoms. The minimum Gasteiger partial charge on any atom is -0.388 e. The zero-order valence-corrected chi connectivity index (χ0v) is 10.3. The Morgan fingerprint density at radius 1 is 1.17 bits per heavy atom. The van der Waals surface area contributed by atoms with Crippen molar-refractivity contribution < 1.29 is 44.7 Å². The van der Waals surface area contributed by atoms with E-state index in [4.69, 9.17) is 18.6 Å². The second-order valence-electron chi connectivity index (χ2n) is 3.89. The summed E-state index contributed by atoms with van der Waals surface area (Å²) in [6, 6.07) is 0. The molecule has 3 N–H and O–H groups in total. The van der Waals surface area contributed by atoms with E-state index in [0.29, 0.717) is 0 Å². The molecule has 0 bridgehead atoms. The molecule has 2 rings (SSSR count). The third-order valence-corrected chi connectivity index (χ3v) is 4.64. The molecule has 2 aliphatic heterocycles. The van der Waals surface area contributed by atoms with E-state index in [9.17, 15) is 21.9 Å². The van der Waals surface area contributed by atoms with Crippen LogP contribution >= 0.6 is 0 Å². The van der Waals surface area contributed by atoms with Crippen molar-refractivity contribution in [3.63, 3.8) is 0 Å². The van der Waals surface area contributed by atoms with Crippen LogP contribution in [0.15, 0.2) is 0 Å². The Labute approximate surface area is 102 Å². The highest BCUT2D eigenvalue weighted by Gasteiger charge is 2.66. The standard InChI is InChI=1S/C6H10O10S2/c7-3-1-14-5-4(3)15-2-6(5,17(8,9)10)16-18(11,12)13/h3-5,7H,1-2H2,(H,8,9,10)(H,11,12,13)/t3-,4-,5+,6-/m1/s1. The Morgan fingerprint density at radius 3 is 2.28 bits per heavy atom. The molecule has 0 aromatic carbocycles. The van der Waals surface area contributed by atoms with Crippen molar-refractivity contribution in [1.29, 1.82) is 0 Å². The third kappa shape index (κ3) is 2.14. The first-order chi connectivity index (χ1) is 8.07. The summed E-state index contributed by atoms with van der Waals surface area (Å²) < 4.78 is 75.4.